The molecule has 0 aliphatic rings. The fourth-order valence-corrected chi connectivity index (χ4v) is 3.16. The Morgan fingerprint density at radius 2 is 1.37 bits per heavy atom. The van der Waals surface area contributed by atoms with E-state index in [1.165, 1.54) is 0 Å². The second kappa shape index (κ2) is 3.69. The van der Waals surface area contributed by atoms with E-state index in [9.17, 15) is 4.79 Å². The van der Waals surface area contributed by atoms with E-state index in [0.717, 1.165) is 26.9 Å². The van der Waals surface area contributed by atoms with Crippen molar-refractivity contribution < 1.29 is 0 Å². The summed E-state index contributed by atoms with van der Waals surface area (Å²) >= 11 is 6.26. The number of hydrogen-bond donors (Lipinski definition) is 0. The van der Waals surface area contributed by atoms with E-state index in [4.69, 9.17) is 11.6 Å². The van der Waals surface area contributed by atoms with Gasteiger partial charge in [0.1, 0.15) is 0 Å². The first-order valence-corrected chi connectivity index (χ1v) is 6.50. The van der Waals surface area contributed by atoms with E-state index in [0.29, 0.717) is 10.4 Å². The van der Waals surface area contributed by atoms with Crippen LogP contribution in [0.25, 0.3) is 32.3 Å². The van der Waals surface area contributed by atoms with Crippen LogP contribution >= 0.6 is 11.6 Å². The highest BCUT2D eigenvalue weighted by Gasteiger charge is 2.14. The summed E-state index contributed by atoms with van der Waals surface area (Å²) in [4.78, 5) is 12.6. The van der Waals surface area contributed by atoms with Crippen molar-refractivity contribution in [2.24, 2.45) is 0 Å². The number of fused-ring (bicyclic) bond motifs is 2. The highest BCUT2D eigenvalue weighted by Crippen LogP contribution is 2.35. The van der Waals surface area contributed by atoms with Crippen molar-refractivity contribution in [3.63, 3.8) is 0 Å². The first kappa shape index (κ1) is 10.8. The maximum Gasteiger partial charge on any atom is 0.195 e. The molecular formula is C17H9ClO. The minimum Gasteiger partial charge on any atom is -0.289 e. The van der Waals surface area contributed by atoms with Gasteiger partial charge in [0.2, 0.25) is 0 Å². The molecule has 0 unspecified atom stereocenters. The van der Waals surface area contributed by atoms with Crippen LogP contribution in [0.15, 0.2) is 59.4 Å². The van der Waals surface area contributed by atoms with Gasteiger partial charge in [0.25, 0.3) is 0 Å². The van der Waals surface area contributed by atoms with Crippen molar-refractivity contribution in [2.45, 2.75) is 0 Å². The topological polar surface area (TPSA) is 17.1 Å². The molecule has 0 N–H and O–H groups in total. The second-order valence-electron chi connectivity index (χ2n) is 4.70. The summed E-state index contributed by atoms with van der Waals surface area (Å²) in [5, 5.41) is 5.97. The number of halogens is 1. The highest BCUT2D eigenvalue weighted by molar-refractivity contribution is 6.40. The lowest BCUT2D eigenvalue weighted by Gasteiger charge is -2.02. The molecule has 0 aliphatic heterocycles. The lowest BCUT2D eigenvalue weighted by atomic mass is 10.0. The molecule has 0 heterocycles. The normalized spacial score (nSPS) is 11.6. The Balaban J connectivity index is 2.55. The average molecular weight is 265 g/mol. The quantitative estimate of drug-likeness (QED) is 0.454. The number of rotatable bonds is 0. The van der Waals surface area contributed by atoms with Gasteiger partial charge in [0.05, 0.1) is 5.02 Å². The Bertz CT molecular complexity index is 989. The summed E-state index contributed by atoms with van der Waals surface area (Å²) in [6.07, 6.45) is 0. The SMILES string of the molecule is O=c1c2ccccc2c2ccccc3cc(Cl)c1c32. The fourth-order valence-electron chi connectivity index (χ4n) is 2.86. The van der Waals surface area contributed by atoms with Crippen molar-refractivity contribution in [2.75, 3.05) is 0 Å². The minimum absolute atomic E-state index is 0.0225. The summed E-state index contributed by atoms with van der Waals surface area (Å²) in [6.45, 7) is 0. The van der Waals surface area contributed by atoms with E-state index in [-0.39, 0.29) is 5.43 Å². The van der Waals surface area contributed by atoms with E-state index >= 15 is 0 Å². The van der Waals surface area contributed by atoms with Crippen LogP contribution in [0.1, 0.15) is 0 Å². The van der Waals surface area contributed by atoms with Crippen molar-refractivity contribution in [3.8, 4) is 0 Å². The summed E-state index contributed by atoms with van der Waals surface area (Å²) in [7, 11) is 0. The molecular weight excluding hydrogens is 256 g/mol. The lowest BCUT2D eigenvalue weighted by molar-refractivity contribution is 1.76. The van der Waals surface area contributed by atoms with Crippen molar-refractivity contribution in [1.29, 1.82) is 0 Å². The second-order valence-corrected chi connectivity index (χ2v) is 5.11. The van der Waals surface area contributed by atoms with Crippen LogP contribution in [0, 0.1) is 0 Å². The monoisotopic (exact) mass is 264 g/mol. The van der Waals surface area contributed by atoms with E-state index in [1.54, 1.807) is 0 Å². The molecule has 90 valence electrons. The smallest absolute Gasteiger partial charge is 0.195 e. The molecule has 4 rings (SSSR count). The van der Waals surface area contributed by atoms with Gasteiger partial charge >= 0.3 is 0 Å². The van der Waals surface area contributed by atoms with Gasteiger partial charge in [0, 0.05) is 16.2 Å². The minimum atomic E-state index is 0.0225. The molecule has 0 atom stereocenters. The molecule has 0 fully saturated rings. The van der Waals surface area contributed by atoms with Gasteiger partial charge in [-0.25, -0.2) is 0 Å². The molecule has 0 spiro atoms. The van der Waals surface area contributed by atoms with Crippen molar-refractivity contribution >= 4 is 43.9 Å². The Hall–Kier alpha value is -2.12. The third kappa shape index (κ3) is 1.33. The van der Waals surface area contributed by atoms with Gasteiger partial charge in [-0.05, 0) is 22.2 Å². The highest BCUT2D eigenvalue weighted by atomic mass is 35.5. The third-order valence-corrected chi connectivity index (χ3v) is 3.97. The average Bonchev–Trinajstić information content (AvgIpc) is 2.62. The molecule has 0 amide bonds. The zero-order valence-corrected chi connectivity index (χ0v) is 10.7. The first-order valence-electron chi connectivity index (χ1n) is 6.13. The molecule has 0 aromatic heterocycles. The molecule has 2 heteroatoms. The van der Waals surface area contributed by atoms with Crippen LogP contribution in [0.5, 0.6) is 0 Å². The van der Waals surface area contributed by atoms with Gasteiger partial charge < -0.3 is 0 Å². The first-order chi connectivity index (χ1) is 9.27. The molecule has 0 saturated carbocycles. The maximum absolute atomic E-state index is 12.6. The van der Waals surface area contributed by atoms with Gasteiger partial charge in [-0.2, -0.15) is 0 Å². The van der Waals surface area contributed by atoms with Gasteiger partial charge in [-0.15, -0.1) is 0 Å². The molecule has 0 radical (unpaired) electrons. The molecule has 0 saturated heterocycles. The predicted molar refractivity (Wildman–Crippen MR) is 81.4 cm³/mol. The lowest BCUT2D eigenvalue weighted by Crippen LogP contribution is -2.01. The number of hydrogen-bond acceptors (Lipinski definition) is 1. The zero-order valence-electron chi connectivity index (χ0n) is 9.98. The molecule has 1 nitrogen and oxygen atoms in total. The Morgan fingerprint density at radius 3 is 2.16 bits per heavy atom. The molecule has 4 aromatic rings. The van der Waals surface area contributed by atoms with Crippen molar-refractivity contribution in [3.05, 3.63) is 69.8 Å². The van der Waals surface area contributed by atoms with E-state index in [1.807, 2.05) is 54.6 Å². The van der Waals surface area contributed by atoms with Crippen LogP contribution in [-0.4, -0.2) is 0 Å². The van der Waals surface area contributed by atoms with Crippen LogP contribution in [0.4, 0.5) is 0 Å². The molecule has 0 aliphatic carbocycles. The van der Waals surface area contributed by atoms with Crippen LogP contribution in [0.3, 0.4) is 0 Å². The Morgan fingerprint density at radius 1 is 0.737 bits per heavy atom. The van der Waals surface area contributed by atoms with Gasteiger partial charge in [-0.1, -0.05) is 60.1 Å². The standard InChI is InChI=1S/C17H9ClO/c18-14-9-10-5-1-2-7-12-11-6-3-4-8-13(11)17(19)16(14)15(10)12/h1-9H. The maximum atomic E-state index is 12.6. The van der Waals surface area contributed by atoms with Crippen molar-refractivity contribution in [1.82, 2.24) is 0 Å². The summed E-state index contributed by atoms with van der Waals surface area (Å²) in [5.74, 6) is 0. The van der Waals surface area contributed by atoms with Crippen LogP contribution in [-0.2, 0) is 0 Å². The van der Waals surface area contributed by atoms with Gasteiger partial charge in [0.15, 0.2) is 5.43 Å². The summed E-state index contributed by atoms with van der Waals surface area (Å²) in [6, 6.07) is 17.6. The summed E-state index contributed by atoms with van der Waals surface area (Å²) < 4.78 is 0. The van der Waals surface area contributed by atoms with E-state index < -0.39 is 0 Å². The van der Waals surface area contributed by atoms with E-state index in [2.05, 4.69) is 0 Å². The zero-order chi connectivity index (χ0) is 13.0. The Labute approximate surface area is 114 Å². The summed E-state index contributed by atoms with van der Waals surface area (Å²) in [5.41, 5.74) is 0.0225. The molecule has 4 aromatic carbocycles. The van der Waals surface area contributed by atoms with Gasteiger partial charge in [-0.3, -0.25) is 4.79 Å². The fraction of sp³-hybridized carbons (Fsp3) is 0. The van der Waals surface area contributed by atoms with Crippen LogP contribution < -0.4 is 5.43 Å². The Kier molecular flexibility index (Phi) is 2.09. The van der Waals surface area contributed by atoms with Crippen LogP contribution in [0.2, 0.25) is 5.02 Å². The molecule has 0 bridgehead atoms. The third-order valence-electron chi connectivity index (χ3n) is 3.67. The predicted octanol–water partition coefficient (Wildman–Crippen LogP) is 4.60. The number of benzene rings is 2. The molecule has 19 heavy (non-hydrogen) atoms. The largest absolute Gasteiger partial charge is 0.289 e.